The second-order valence-corrected chi connectivity index (χ2v) is 15.6. The smallest absolute Gasteiger partial charge is 0.0297 e. The Morgan fingerprint density at radius 2 is 0.795 bits per heavy atom. The molecule has 4 atom stereocenters. The largest absolute Gasteiger partial charge is 0.0654 e. The van der Waals surface area contributed by atoms with E-state index < -0.39 is 0 Å². The Morgan fingerprint density at radius 1 is 0.410 bits per heavy atom. The van der Waals surface area contributed by atoms with Crippen LogP contribution in [0.4, 0.5) is 0 Å². The highest BCUT2D eigenvalue weighted by Crippen LogP contribution is 2.46. The van der Waals surface area contributed by atoms with Gasteiger partial charge in [0.2, 0.25) is 0 Å². The molecule has 0 N–H and O–H groups in total. The Bertz CT molecular complexity index is 499. The second kappa shape index (κ2) is 24.6. The molecule has 0 aromatic heterocycles. The third-order valence-corrected chi connectivity index (χ3v) is 10.2. The molecule has 0 aliphatic carbocycles. The Labute approximate surface area is 251 Å². The van der Waals surface area contributed by atoms with Crippen LogP contribution in [0.25, 0.3) is 0 Å². The fourth-order valence-electron chi connectivity index (χ4n) is 7.13. The molecule has 0 saturated heterocycles. The monoisotopic (exact) mass is 549 g/mol. The number of hydrogen-bond donors (Lipinski definition) is 0. The molecule has 0 bridgehead atoms. The molecular weight excluding hydrogens is 468 g/mol. The molecule has 39 heavy (non-hydrogen) atoms. The molecule has 0 heterocycles. The van der Waals surface area contributed by atoms with Crippen molar-refractivity contribution in [3.05, 3.63) is 0 Å². The summed E-state index contributed by atoms with van der Waals surface area (Å²) in [7, 11) is 0. The van der Waals surface area contributed by atoms with Gasteiger partial charge in [0.15, 0.2) is 0 Å². The Morgan fingerprint density at radius 3 is 1.21 bits per heavy atom. The lowest BCUT2D eigenvalue weighted by Gasteiger charge is -2.42. The van der Waals surface area contributed by atoms with Crippen molar-refractivity contribution in [2.75, 3.05) is 0 Å². The minimum atomic E-state index is 0.448. The maximum atomic E-state index is 2.70. The third kappa shape index (κ3) is 22.3. The summed E-state index contributed by atoms with van der Waals surface area (Å²) < 4.78 is 0. The summed E-state index contributed by atoms with van der Waals surface area (Å²) in [6.07, 6.45) is 36.1. The van der Waals surface area contributed by atoms with Gasteiger partial charge in [0.1, 0.15) is 0 Å². The van der Waals surface area contributed by atoms with Gasteiger partial charge in [0.05, 0.1) is 0 Å². The highest BCUT2D eigenvalue weighted by molar-refractivity contribution is 4.85. The summed E-state index contributed by atoms with van der Waals surface area (Å²) in [4.78, 5) is 0. The fraction of sp³-hybridized carbons (Fsp3) is 1.00. The van der Waals surface area contributed by atoms with Crippen molar-refractivity contribution in [3.8, 4) is 0 Å². The third-order valence-electron chi connectivity index (χ3n) is 10.2. The van der Waals surface area contributed by atoms with Crippen molar-refractivity contribution in [2.45, 2.75) is 223 Å². The van der Waals surface area contributed by atoms with Gasteiger partial charge in [0, 0.05) is 0 Å². The highest BCUT2D eigenvalue weighted by atomic mass is 14.4. The van der Waals surface area contributed by atoms with Crippen molar-refractivity contribution in [3.63, 3.8) is 0 Å². The van der Waals surface area contributed by atoms with Crippen LogP contribution in [0.15, 0.2) is 0 Å². The van der Waals surface area contributed by atoms with Crippen LogP contribution >= 0.6 is 0 Å². The molecular formula is C39H80. The SMILES string of the molecule is CCCCCCCCCCCCCC(C)(CCCCCCCC(C)C(C)CCCC)C(CCC)CC(C)(C)C. The lowest BCUT2D eigenvalue weighted by Crippen LogP contribution is -2.31. The first-order valence-electron chi connectivity index (χ1n) is 18.6. The summed E-state index contributed by atoms with van der Waals surface area (Å²) in [6.45, 7) is 22.2. The van der Waals surface area contributed by atoms with Crippen LogP contribution < -0.4 is 0 Å². The molecule has 0 heteroatoms. The van der Waals surface area contributed by atoms with Gasteiger partial charge in [-0.15, -0.1) is 0 Å². The maximum absolute atomic E-state index is 2.70. The van der Waals surface area contributed by atoms with Gasteiger partial charge < -0.3 is 0 Å². The average molecular weight is 549 g/mol. The summed E-state index contributed by atoms with van der Waals surface area (Å²) in [5.74, 6) is 2.73. The van der Waals surface area contributed by atoms with Gasteiger partial charge in [-0.2, -0.15) is 0 Å². The van der Waals surface area contributed by atoms with E-state index >= 15 is 0 Å². The van der Waals surface area contributed by atoms with Gasteiger partial charge in [0.25, 0.3) is 0 Å². The average Bonchev–Trinajstić information content (AvgIpc) is 2.88. The molecule has 0 saturated carbocycles. The first-order chi connectivity index (χ1) is 18.6. The quantitative estimate of drug-likeness (QED) is 0.0853. The van der Waals surface area contributed by atoms with Crippen LogP contribution in [0.1, 0.15) is 223 Å². The van der Waals surface area contributed by atoms with Crippen LogP contribution in [0.5, 0.6) is 0 Å². The first kappa shape index (κ1) is 39.0. The van der Waals surface area contributed by atoms with Crippen molar-refractivity contribution < 1.29 is 0 Å². The first-order valence-corrected chi connectivity index (χ1v) is 18.6. The Hall–Kier alpha value is 0. The summed E-state index contributed by atoms with van der Waals surface area (Å²) in [6, 6.07) is 0. The number of unbranched alkanes of at least 4 members (excludes halogenated alkanes) is 15. The van der Waals surface area contributed by atoms with Gasteiger partial charge in [-0.25, -0.2) is 0 Å². The molecule has 0 fully saturated rings. The molecule has 236 valence electrons. The summed E-state index contributed by atoms with van der Waals surface area (Å²) in [5.41, 5.74) is 0.995. The molecule has 0 spiro atoms. The molecule has 0 rings (SSSR count). The van der Waals surface area contributed by atoms with E-state index in [0.717, 1.165) is 17.8 Å². The lowest BCUT2D eigenvalue weighted by atomic mass is 9.64. The normalized spacial score (nSPS) is 16.2. The molecule has 0 nitrogen and oxygen atoms in total. The molecule has 0 aromatic carbocycles. The predicted octanol–water partition coefficient (Wildman–Crippen LogP) is 14.7. The van der Waals surface area contributed by atoms with Crippen molar-refractivity contribution >= 4 is 0 Å². The molecule has 4 unspecified atom stereocenters. The van der Waals surface area contributed by atoms with Crippen LogP contribution in [0.2, 0.25) is 0 Å². The van der Waals surface area contributed by atoms with Crippen molar-refractivity contribution in [1.29, 1.82) is 0 Å². The standard InChI is InChI=1S/C39H80/c1-10-13-15-16-17-18-19-20-21-24-27-32-39(9,37(29-12-3)34-38(6,7)8)33-28-25-22-23-26-31-36(5)35(4)30-14-11-2/h35-37H,10-34H2,1-9H3. The van der Waals surface area contributed by atoms with E-state index in [1.165, 1.54) is 161 Å². The van der Waals surface area contributed by atoms with E-state index in [1.54, 1.807) is 0 Å². The van der Waals surface area contributed by atoms with E-state index in [2.05, 4.69) is 62.3 Å². The minimum Gasteiger partial charge on any atom is -0.0654 e. The zero-order valence-corrected chi connectivity index (χ0v) is 29.4. The maximum Gasteiger partial charge on any atom is -0.0297 e. The zero-order chi connectivity index (χ0) is 29.4. The van der Waals surface area contributed by atoms with E-state index in [0.29, 0.717) is 10.8 Å². The van der Waals surface area contributed by atoms with E-state index in [-0.39, 0.29) is 0 Å². The van der Waals surface area contributed by atoms with E-state index in [4.69, 9.17) is 0 Å². The molecule has 0 radical (unpaired) electrons. The van der Waals surface area contributed by atoms with E-state index in [1.807, 2.05) is 0 Å². The molecule has 0 aliphatic rings. The van der Waals surface area contributed by atoms with Gasteiger partial charge in [-0.1, -0.05) is 204 Å². The zero-order valence-electron chi connectivity index (χ0n) is 29.4. The predicted molar refractivity (Wildman–Crippen MR) is 182 cm³/mol. The summed E-state index contributed by atoms with van der Waals surface area (Å²) in [5, 5.41) is 0. The minimum absolute atomic E-state index is 0.448. The number of rotatable bonds is 28. The van der Waals surface area contributed by atoms with Gasteiger partial charge in [-0.05, 0) is 47.8 Å². The lowest BCUT2D eigenvalue weighted by molar-refractivity contribution is 0.0913. The number of hydrogen-bond acceptors (Lipinski definition) is 0. The van der Waals surface area contributed by atoms with Crippen molar-refractivity contribution in [1.82, 2.24) is 0 Å². The summed E-state index contributed by atoms with van der Waals surface area (Å²) >= 11 is 0. The topological polar surface area (TPSA) is 0 Å². The van der Waals surface area contributed by atoms with Crippen LogP contribution in [-0.4, -0.2) is 0 Å². The second-order valence-electron chi connectivity index (χ2n) is 15.6. The molecule has 0 amide bonds. The van der Waals surface area contributed by atoms with Gasteiger partial charge in [-0.3, -0.25) is 0 Å². The Kier molecular flexibility index (Phi) is 24.6. The van der Waals surface area contributed by atoms with Gasteiger partial charge >= 0.3 is 0 Å². The van der Waals surface area contributed by atoms with E-state index in [9.17, 15) is 0 Å². The molecule has 0 aliphatic heterocycles. The van der Waals surface area contributed by atoms with Crippen LogP contribution in [0, 0.1) is 28.6 Å². The Balaban J connectivity index is 4.50. The van der Waals surface area contributed by atoms with Crippen molar-refractivity contribution in [2.24, 2.45) is 28.6 Å². The molecule has 0 aromatic rings. The highest BCUT2D eigenvalue weighted by Gasteiger charge is 2.35. The van der Waals surface area contributed by atoms with Crippen LogP contribution in [-0.2, 0) is 0 Å². The fourth-order valence-corrected chi connectivity index (χ4v) is 7.13. The van der Waals surface area contributed by atoms with Crippen LogP contribution in [0.3, 0.4) is 0 Å².